The standard InChI is InChI=1S/C4H10N2OSi/c5-4(7)6-2-1-3-8/h1-2H,3H2,8H3,(H3,5,6,7). The highest BCUT2D eigenvalue weighted by molar-refractivity contribution is 6.09. The first-order chi connectivity index (χ1) is 3.77. The number of carbonyl (C=O) groups excluding carboxylic acids is 1. The van der Waals surface area contributed by atoms with Crippen molar-refractivity contribution in [2.45, 2.75) is 6.04 Å². The van der Waals surface area contributed by atoms with Crippen molar-refractivity contribution in [2.75, 3.05) is 0 Å². The Morgan fingerprint density at radius 1 is 1.88 bits per heavy atom. The minimum Gasteiger partial charge on any atom is -0.351 e. The van der Waals surface area contributed by atoms with E-state index in [0.717, 1.165) is 16.3 Å². The molecule has 0 heterocycles. The van der Waals surface area contributed by atoms with Crippen LogP contribution in [0.5, 0.6) is 0 Å². The van der Waals surface area contributed by atoms with Crippen LogP contribution in [0.1, 0.15) is 0 Å². The molecule has 0 aromatic rings. The fraction of sp³-hybridized carbons (Fsp3) is 0.250. The summed E-state index contributed by atoms with van der Waals surface area (Å²) in [6.45, 7) is 0. The fourth-order valence-electron chi connectivity index (χ4n) is 0.259. The molecule has 0 aliphatic carbocycles. The number of carbonyl (C=O) groups is 1. The highest BCUT2D eigenvalue weighted by Crippen LogP contribution is 1.70. The van der Waals surface area contributed by atoms with E-state index < -0.39 is 6.03 Å². The normalized spacial score (nSPS) is 10.0. The van der Waals surface area contributed by atoms with Gasteiger partial charge in [0, 0.05) is 16.4 Å². The zero-order valence-corrected chi connectivity index (χ0v) is 6.85. The molecule has 0 aromatic carbocycles. The summed E-state index contributed by atoms with van der Waals surface area (Å²) in [6.07, 6.45) is 3.44. The number of allylic oxidation sites excluding steroid dienone is 1. The van der Waals surface area contributed by atoms with Crippen LogP contribution >= 0.6 is 0 Å². The molecule has 0 atom stereocenters. The van der Waals surface area contributed by atoms with E-state index in [1.54, 1.807) is 6.20 Å². The van der Waals surface area contributed by atoms with E-state index in [9.17, 15) is 4.79 Å². The van der Waals surface area contributed by atoms with Gasteiger partial charge in [0.1, 0.15) is 0 Å². The van der Waals surface area contributed by atoms with Crippen LogP contribution in [0.15, 0.2) is 12.3 Å². The first-order valence-electron chi connectivity index (χ1n) is 2.48. The van der Waals surface area contributed by atoms with E-state index in [1.807, 2.05) is 6.08 Å². The van der Waals surface area contributed by atoms with Crippen molar-refractivity contribution in [1.29, 1.82) is 0 Å². The molecule has 0 bridgehead atoms. The van der Waals surface area contributed by atoms with Gasteiger partial charge in [-0.1, -0.05) is 6.08 Å². The molecule has 0 fully saturated rings. The van der Waals surface area contributed by atoms with E-state index in [0.29, 0.717) is 0 Å². The van der Waals surface area contributed by atoms with Crippen molar-refractivity contribution in [2.24, 2.45) is 5.73 Å². The Hall–Kier alpha value is -0.773. The topological polar surface area (TPSA) is 55.1 Å². The molecular weight excluding hydrogens is 120 g/mol. The van der Waals surface area contributed by atoms with Crippen LogP contribution in [0.2, 0.25) is 6.04 Å². The number of urea groups is 1. The lowest BCUT2D eigenvalue weighted by Gasteiger charge is -1.87. The Kier molecular flexibility index (Phi) is 3.96. The third-order valence-corrected chi connectivity index (χ3v) is 1.05. The molecule has 0 aromatic heterocycles. The molecule has 46 valence electrons. The molecule has 3 nitrogen and oxygen atoms in total. The lowest BCUT2D eigenvalue weighted by atomic mass is 10.7. The molecule has 0 aliphatic heterocycles. The first kappa shape index (κ1) is 7.23. The van der Waals surface area contributed by atoms with Gasteiger partial charge < -0.3 is 11.1 Å². The lowest BCUT2D eigenvalue weighted by Crippen LogP contribution is -2.23. The highest BCUT2D eigenvalue weighted by atomic mass is 28.1. The fourth-order valence-corrected chi connectivity index (χ4v) is 0.495. The summed E-state index contributed by atoms with van der Waals surface area (Å²) in [6, 6.07) is 0.539. The van der Waals surface area contributed by atoms with Gasteiger partial charge in [0.05, 0.1) is 0 Å². The molecule has 0 saturated carbocycles. The smallest absolute Gasteiger partial charge is 0.316 e. The third kappa shape index (κ3) is 5.23. The minimum atomic E-state index is -0.503. The second kappa shape index (κ2) is 4.39. The third-order valence-electron chi connectivity index (χ3n) is 0.579. The van der Waals surface area contributed by atoms with Gasteiger partial charge in [0.25, 0.3) is 0 Å². The zero-order valence-electron chi connectivity index (χ0n) is 4.85. The second-order valence-corrected chi connectivity index (χ2v) is 2.14. The van der Waals surface area contributed by atoms with Crippen molar-refractivity contribution < 1.29 is 4.79 Å². The summed E-state index contributed by atoms with van der Waals surface area (Å²) in [4.78, 5) is 9.95. The molecule has 2 amide bonds. The van der Waals surface area contributed by atoms with Crippen molar-refractivity contribution in [1.82, 2.24) is 5.32 Å². The molecule has 0 aliphatic rings. The second-order valence-electron chi connectivity index (χ2n) is 1.32. The van der Waals surface area contributed by atoms with Gasteiger partial charge >= 0.3 is 6.03 Å². The molecule has 4 heteroatoms. The van der Waals surface area contributed by atoms with Crippen molar-refractivity contribution in [3.05, 3.63) is 12.3 Å². The van der Waals surface area contributed by atoms with E-state index in [-0.39, 0.29) is 0 Å². The zero-order chi connectivity index (χ0) is 6.41. The summed E-state index contributed by atoms with van der Waals surface area (Å²) in [5.41, 5.74) is 4.74. The first-order valence-corrected chi connectivity index (χ1v) is 3.89. The maximum Gasteiger partial charge on any atom is 0.316 e. The largest absolute Gasteiger partial charge is 0.351 e. The molecular formula is C4H10N2OSi. The van der Waals surface area contributed by atoms with Crippen LogP contribution < -0.4 is 11.1 Å². The Balaban J connectivity index is 3.16. The molecule has 0 saturated heterocycles. The number of nitrogens with one attached hydrogen (secondary N) is 1. The molecule has 3 N–H and O–H groups in total. The summed E-state index contributed by atoms with van der Waals surface area (Å²) < 4.78 is 0. The number of hydrogen-bond donors (Lipinski definition) is 2. The number of nitrogens with two attached hydrogens (primary N) is 1. The summed E-state index contributed by atoms with van der Waals surface area (Å²) >= 11 is 0. The van der Waals surface area contributed by atoms with Gasteiger partial charge in [-0.25, -0.2) is 4.79 Å². The van der Waals surface area contributed by atoms with E-state index in [4.69, 9.17) is 5.73 Å². The minimum absolute atomic E-state index is 0.503. The highest BCUT2D eigenvalue weighted by Gasteiger charge is 1.78. The van der Waals surface area contributed by atoms with E-state index >= 15 is 0 Å². The van der Waals surface area contributed by atoms with Crippen molar-refractivity contribution >= 4 is 16.3 Å². The SMILES string of the molecule is NC(=O)NC=CC[SiH3]. The lowest BCUT2D eigenvalue weighted by molar-refractivity contribution is 0.252. The van der Waals surface area contributed by atoms with Gasteiger partial charge in [0.15, 0.2) is 0 Å². The van der Waals surface area contributed by atoms with Crippen LogP contribution in [0, 0.1) is 0 Å². The van der Waals surface area contributed by atoms with Crippen molar-refractivity contribution in [3.8, 4) is 0 Å². The molecule has 0 unspecified atom stereocenters. The monoisotopic (exact) mass is 130 g/mol. The van der Waals surface area contributed by atoms with Gasteiger partial charge in [-0.05, 0) is 6.04 Å². The maximum absolute atomic E-state index is 9.95. The summed E-state index contributed by atoms with van der Waals surface area (Å²) in [7, 11) is 1.12. The quantitative estimate of drug-likeness (QED) is 0.461. The Morgan fingerprint density at radius 2 is 2.50 bits per heavy atom. The average molecular weight is 130 g/mol. The van der Waals surface area contributed by atoms with E-state index in [1.165, 1.54) is 0 Å². The van der Waals surface area contributed by atoms with Gasteiger partial charge in [-0.15, -0.1) is 0 Å². The van der Waals surface area contributed by atoms with Crippen LogP contribution in [-0.2, 0) is 0 Å². The van der Waals surface area contributed by atoms with Gasteiger partial charge in [-0.2, -0.15) is 0 Å². The molecule has 0 spiro atoms. The van der Waals surface area contributed by atoms with Crippen LogP contribution in [0.25, 0.3) is 0 Å². The van der Waals surface area contributed by atoms with Gasteiger partial charge in [-0.3, -0.25) is 0 Å². The predicted octanol–water partition coefficient (Wildman–Crippen LogP) is -1.05. The van der Waals surface area contributed by atoms with Crippen molar-refractivity contribution in [3.63, 3.8) is 0 Å². The maximum atomic E-state index is 9.95. The number of primary amides is 1. The number of hydrogen-bond acceptors (Lipinski definition) is 1. The molecule has 8 heavy (non-hydrogen) atoms. The Morgan fingerprint density at radius 3 is 2.88 bits per heavy atom. The predicted molar refractivity (Wildman–Crippen MR) is 36.6 cm³/mol. The molecule has 0 rings (SSSR count). The average Bonchev–Trinajstić information content (AvgIpc) is 1.66. The number of amides is 2. The Bertz CT molecular complexity index is 102. The van der Waals surface area contributed by atoms with E-state index in [2.05, 4.69) is 5.32 Å². The van der Waals surface area contributed by atoms with Crippen LogP contribution in [0.4, 0.5) is 4.79 Å². The summed E-state index contributed by atoms with van der Waals surface area (Å²) in [5.74, 6) is 0. The Labute approximate surface area is 51.4 Å². The van der Waals surface area contributed by atoms with Gasteiger partial charge in [0.2, 0.25) is 0 Å². The number of rotatable bonds is 2. The molecule has 0 radical (unpaired) electrons. The van der Waals surface area contributed by atoms with Crippen LogP contribution in [-0.4, -0.2) is 16.3 Å². The van der Waals surface area contributed by atoms with Crippen LogP contribution in [0.3, 0.4) is 0 Å². The summed E-state index contributed by atoms with van der Waals surface area (Å²) in [5, 5.41) is 2.33.